The van der Waals surface area contributed by atoms with E-state index in [2.05, 4.69) is 4.72 Å². The maximum absolute atomic E-state index is 13.6. The second kappa shape index (κ2) is 6.33. The molecule has 3 N–H and O–H groups in total. The first-order valence-electron chi connectivity index (χ1n) is 6.54. The Morgan fingerprint density at radius 1 is 1.52 bits per heavy atom. The van der Waals surface area contributed by atoms with Crippen LogP contribution in [0.25, 0.3) is 0 Å². The number of rotatable bonds is 4. The largest absolute Gasteiger partial charge is 0.395 e. The Morgan fingerprint density at radius 3 is 2.76 bits per heavy atom. The van der Waals surface area contributed by atoms with Gasteiger partial charge in [-0.15, -0.1) is 0 Å². The molecule has 0 spiro atoms. The molecular formula is C14H16FN3O2S. The van der Waals surface area contributed by atoms with E-state index < -0.39 is 11.4 Å². The Morgan fingerprint density at radius 2 is 2.19 bits per heavy atom. The van der Waals surface area contributed by atoms with Crippen molar-refractivity contribution < 1.29 is 13.9 Å². The number of ether oxygens (including phenoxy) is 1. The number of hydrogen-bond acceptors (Lipinski definition) is 5. The molecule has 0 bridgehead atoms. The van der Waals surface area contributed by atoms with Crippen molar-refractivity contribution in [1.82, 2.24) is 4.72 Å². The molecule has 0 aliphatic heterocycles. The number of methoxy groups -OCH3 is 1. The van der Waals surface area contributed by atoms with Crippen LogP contribution in [0.15, 0.2) is 17.0 Å². The maximum Gasteiger partial charge on any atom is 0.262 e. The summed E-state index contributed by atoms with van der Waals surface area (Å²) in [6.45, 7) is 0. The van der Waals surface area contributed by atoms with Crippen molar-refractivity contribution in [2.45, 2.75) is 36.2 Å². The predicted octanol–water partition coefficient (Wildman–Crippen LogP) is 2.36. The summed E-state index contributed by atoms with van der Waals surface area (Å²) in [4.78, 5) is 12.7. The zero-order valence-electron chi connectivity index (χ0n) is 11.6. The van der Waals surface area contributed by atoms with E-state index in [1.165, 1.54) is 19.2 Å². The molecule has 112 valence electrons. The number of amides is 1. The number of nitrogens with zero attached hydrogens (tertiary/aromatic N) is 1. The van der Waals surface area contributed by atoms with Crippen LogP contribution in [-0.4, -0.2) is 18.6 Å². The van der Waals surface area contributed by atoms with E-state index in [0.717, 1.165) is 24.8 Å². The molecule has 21 heavy (non-hydrogen) atoms. The van der Waals surface area contributed by atoms with Gasteiger partial charge in [-0.05, 0) is 49.8 Å². The number of hydrogen-bond donors (Lipinski definition) is 2. The minimum Gasteiger partial charge on any atom is -0.395 e. The van der Waals surface area contributed by atoms with Gasteiger partial charge in [0.1, 0.15) is 17.5 Å². The number of nitrogen functional groups attached to an aromatic ring is 1. The summed E-state index contributed by atoms with van der Waals surface area (Å²) in [6, 6.07) is 4.45. The third kappa shape index (κ3) is 3.12. The third-order valence-electron chi connectivity index (χ3n) is 3.70. The average molecular weight is 309 g/mol. The number of carbonyl (C=O) groups excluding carboxylic acids is 1. The molecule has 2 rings (SSSR count). The van der Waals surface area contributed by atoms with Gasteiger partial charge in [-0.1, -0.05) is 0 Å². The van der Waals surface area contributed by atoms with Crippen molar-refractivity contribution in [3.63, 3.8) is 0 Å². The van der Waals surface area contributed by atoms with Gasteiger partial charge in [0.25, 0.3) is 5.91 Å². The summed E-state index contributed by atoms with van der Waals surface area (Å²) >= 11 is 0.955. The molecule has 1 aromatic carbocycles. The summed E-state index contributed by atoms with van der Waals surface area (Å²) < 4.78 is 21.6. The Hall–Kier alpha value is -1.78. The molecule has 1 aromatic rings. The first-order chi connectivity index (χ1) is 10.0. The van der Waals surface area contributed by atoms with Gasteiger partial charge < -0.3 is 10.5 Å². The second-order valence-corrected chi connectivity index (χ2v) is 5.80. The van der Waals surface area contributed by atoms with Gasteiger partial charge in [-0.2, -0.15) is 5.26 Å². The molecule has 7 heteroatoms. The minimum atomic E-state index is -0.794. The van der Waals surface area contributed by atoms with E-state index in [9.17, 15) is 9.18 Å². The Kier molecular flexibility index (Phi) is 4.70. The maximum atomic E-state index is 13.6. The zero-order valence-corrected chi connectivity index (χ0v) is 12.4. The normalized spacial score (nSPS) is 16.4. The lowest BCUT2D eigenvalue weighted by atomic mass is 10.0. The Balaban J connectivity index is 2.08. The molecule has 5 nitrogen and oxygen atoms in total. The number of halogens is 1. The van der Waals surface area contributed by atoms with Gasteiger partial charge in [0, 0.05) is 12.0 Å². The molecule has 1 saturated carbocycles. The van der Waals surface area contributed by atoms with Crippen molar-refractivity contribution in [1.29, 1.82) is 5.26 Å². The van der Waals surface area contributed by atoms with Crippen LogP contribution in [0.5, 0.6) is 0 Å². The zero-order chi connectivity index (χ0) is 15.5. The highest BCUT2D eigenvalue weighted by atomic mass is 32.2. The second-order valence-electron chi connectivity index (χ2n) is 4.92. The molecule has 0 unspecified atom stereocenters. The van der Waals surface area contributed by atoms with Crippen molar-refractivity contribution >= 4 is 23.5 Å². The van der Waals surface area contributed by atoms with Crippen LogP contribution >= 0.6 is 11.9 Å². The molecule has 0 radical (unpaired) electrons. The highest BCUT2D eigenvalue weighted by molar-refractivity contribution is 7.98. The number of benzene rings is 1. The van der Waals surface area contributed by atoms with Crippen LogP contribution in [0, 0.1) is 17.1 Å². The van der Waals surface area contributed by atoms with Crippen LogP contribution in [-0.2, 0) is 9.53 Å². The summed E-state index contributed by atoms with van der Waals surface area (Å²) in [6.07, 6.45) is 3.24. The first-order valence-corrected chi connectivity index (χ1v) is 7.35. The van der Waals surface area contributed by atoms with Gasteiger partial charge in [0.15, 0.2) is 0 Å². The van der Waals surface area contributed by atoms with Crippen LogP contribution in [0.2, 0.25) is 0 Å². The highest BCUT2D eigenvalue weighted by Crippen LogP contribution is 2.34. The van der Waals surface area contributed by atoms with Gasteiger partial charge in [-0.3, -0.25) is 9.52 Å². The van der Waals surface area contributed by atoms with E-state index >= 15 is 0 Å². The number of carbonyl (C=O) groups is 1. The molecule has 1 amide bonds. The molecule has 1 fully saturated rings. The van der Waals surface area contributed by atoms with Crippen LogP contribution < -0.4 is 10.5 Å². The van der Waals surface area contributed by atoms with E-state index in [1.54, 1.807) is 0 Å². The fourth-order valence-corrected chi connectivity index (χ4v) is 3.15. The molecular weight excluding hydrogens is 293 g/mol. The average Bonchev–Trinajstić information content (AvgIpc) is 2.98. The predicted molar refractivity (Wildman–Crippen MR) is 77.7 cm³/mol. The topological polar surface area (TPSA) is 88.1 Å². The summed E-state index contributed by atoms with van der Waals surface area (Å²) in [5, 5.41) is 8.88. The lowest BCUT2D eigenvalue weighted by molar-refractivity contribution is -0.140. The molecule has 0 aromatic heterocycles. The minimum absolute atomic E-state index is 0.0501. The van der Waals surface area contributed by atoms with Gasteiger partial charge in [0.2, 0.25) is 0 Å². The summed E-state index contributed by atoms with van der Waals surface area (Å²) in [7, 11) is 1.52. The van der Waals surface area contributed by atoms with Gasteiger partial charge >= 0.3 is 0 Å². The van der Waals surface area contributed by atoms with Crippen LogP contribution in [0.4, 0.5) is 10.1 Å². The third-order valence-corrected chi connectivity index (χ3v) is 4.46. The quantitative estimate of drug-likeness (QED) is 0.658. The fourth-order valence-electron chi connectivity index (χ4n) is 2.41. The SMILES string of the molecule is COC1(C(=O)NSc2cc(F)c(N)c(C#N)c2)CCCC1. The monoisotopic (exact) mass is 309 g/mol. The summed E-state index contributed by atoms with van der Waals surface area (Å²) in [5.41, 5.74) is 4.52. The Labute approximate surface area is 126 Å². The molecule has 0 heterocycles. The fraction of sp³-hybridized carbons (Fsp3) is 0.429. The number of nitriles is 1. The van der Waals surface area contributed by atoms with E-state index in [0.29, 0.717) is 17.7 Å². The van der Waals surface area contributed by atoms with Crippen molar-refractivity contribution in [3.05, 3.63) is 23.5 Å². The highest BCUT2D eigenvalue weighted by Gasteiger charge is 2.41. The van der Waals surface area contributed by atoms with E-state index in [1.807, 2.05) is 6.07 Å². The van der Waals surface area contributed by atoms with Crippen molar-refractivity contribution in [2.24, 2.45) is 0 Å². The Bertz CT molecular complexity index is 595. The van der Waals surface area contributed by atoms with E-state index in [4.69, 9.17) is 15.7 Å². The summed E-state index contributed by atoms with van der Waals surface area (Å²) in [5.74, 6) is -0.906. The first kappa shape index (κ1) is 15.6. The lowest BCUT2D eigenvalue weighted by Crippen LogP contribution is -2.43. The molecule has 0 saturated heterocycles. The van der Waals surface area contributed by atoms with Crippen molar-refractivity contribution in [3.8, 4) is 6.07 Å². The lowest BCUT2D eigenvalue weighted by Gasteiger charge is -2.25. The molecule has 0 atom stereocenters. The number of nitrogens with two attached hydrogens (primary N) is 1. The van der Waals surface area contributed by atoms with E-state index in [-0.39, 0.29) is 17.2 Å². The van der Waals surface area contributed by atoms with Crippen LogP contribution in [0.3, 0.4) is 0 Å². The van der Waals surface area contributed by atoms with Crippen LogP contribution in [0.1, 0.15) is 31.2 Å². The smallest absolute Gasteiger partial charge is 0.262 e. The van der Waals surface area contributed by atoms with Crippen molar-refractivity contribution in [2.75, 3.05) is 12.8 Å². The van der Waals surface area contributed by atoms with Gasteiger partial charge in [0.05, 0.1) is 11.3 Å². The molecule has 1 aliphatic carbocycles. The van der Waals surface area contributed by atoms with Gasteiger partial charge in [-0.25, -0.2) is 4.39 Å². The number of nitrogens with one attached hydrogen (secondary N) is 1. The molecule has 1 aliphatic rings. The number of anilines is 1. The standard InChI is InChI=1S/C14H16FN3O2S/c1-20-14(4-2-3-5-14)13(19)18-21-10-6-9(8-16)12(17)11(15)7-10/h6-7H,2-5,17H2,1H3,(H,18,19).